The van der Waals surface area contributed by atoms with Crippen molar-refractivity contribution in [1.29, 1.82) is 0 Å². The molecular weight excluding hydrogens is 246 g/mol. The predicted octanol–water partition coefficient (Wildman–Crippen LogP) is 4.10. The molecule has 0 bridgehead atoms. The Morgan fingerprint density at radius 2 is 1.94 bits per heavy atom. The first-order chi connectivity index (χ1) is 8.70. The van der Waals surface area contributed by atoms with E-state index in [0.717, 1.165) is 29.8 Å². The summed E-state index contributed by atoms with van der Waals surface area (Å²) in [5.41, 5.74) is 1.13. The Labute approximate surface area is 114 Å². The summed E-state index contributed by atoms with van der Waals surface area (Å²) in [5, 5.41) is 3.89. The lowest BCUT2D eigenvalue weighted by Gasteiger charge is -2.20. The predicted molar refractivity (Wildman–Crippen MR) is 74.6 cm³/mol. The van der Waals surface area contributed by atoms with Gasteiger partial charge in [-0.15, -0.1) is 0 Å². The van der Waals surface area contributed by atoms with E-state index in [1.165, 1.54) is 12.8 Å². The summed E-state index contributed by atoms with van der Waals surface area (Å²) in [6, 6.07) is 7.84. The fourth-order valence-corrected chi connectivity index (χ4v) is 2.72. The zero-order chi connectivity index (χ0) is 13.0. The highest BCUT2D eigenvalue weighted by molar-refractivity contribution is 6.30. The molecule has 0 spiro atoms. The molecule has 18 heavy (non-hydrogen) atoms. The molecule has 1 aliphatic carbocycles. The smallest absolute Gasteiger partial charge is 0.223 e. The fourth-order valence-electron chi connectivity index (χ4n) is 2.59. The lowest BCUT2D eigenvalue weighted by Crippen LogP contribution is -2.32. The monoisotopic (exact) mass is 265 g/mol. The van der Waals surface area contributed by atoms with Gasteiger partial charge in [0.25, 0.3) is 0 Å². The highest BCUT2D eigenvalue weighted by atomic mass is 35.5. The zero-order valence-corrected chi connectivity index (χ0v) is 11.5. The van der Waals surface area contributed by atoms with Crippen LogP contribution in [0.4, 0.5) is 0 Å². The zero-order valence-electron chi connectivity index (χ0n) is 10.8. The molecule has 1 saturated carbocycles. The molecular formula is C15H20ClNO. The highest BCUT2D eigenvalue weighted by Crippen LogP contribution is 2.26. The van der Waals surface area contributed by atoms with Gasteiger partial charge in [0, 0.05) is 10.9 Å². The molecule has 1 aromatic rings. The Kier molecular flexibility index (Phi) is 4.65. The maximum absolute atomic E-state index is 12.1. The standard InChI is InChI=1S/C15H20ClNO/c1-2-14(11-7-9-13(16)10-8-11)17-15(18)12-5-3-4-6-12/h7-10,12,14H,2-6H2,1H3,(H,17,18). The summed E-state index contributed by atoms with van der Waals surface area (Å²) < 4.78 is 0. The van der Waals surface area contributed by atoms with Crippen molar-refractivity contribution in [2.75, 3.05) is 0 Å². The molecule has 1 aliphatic rings. The van der Waals surface area contributed by atoms with Crippen LogP contribution in [-0.4, -0.2) is 5.91 Å². The Morgan fingerprint density at radius 3 is 2.50 bits per heavy atom. The third-order valence-electron chi connectivity index (χ3n) is 3.72. The summed E-state index contributed by atoms with van der Waals surface area (Å²) in [7, 11) is 0. The minimum absolute atomic E-state index is 0.107. The van der Waals surface area contributed by atoms with Crippen LogP contribution in [0.5, 0.6) is 0 Å². The average Bonchev–Trinajstić information content (AvgIpc) is 2.91. The van der Waals surface area contributed by atoms with E-state index < -0.39 is 0 Å². The molecule has 1 atom stereocenters. The second-order valence-corrected chi connectivity index (χ2v) is 5.44. The molecule has 1 amide bonds. The fraction of sp³-hybridized carbons (Fsp3) is 0.533. The van der Waals surface area contributed by atoms with Crippen molar-refractivity contribution in [2.45, 2.75) is 45.1 Å². The van der Waals surface area contributed by atoms with E-state index in [2.05, 4.69) is 12.2 Å². The van der Waals surface area contributed by atoms with Gasteiger partial charge in [-0.2, -0.15) is 0 Å². The molecule has 0 radical (unpaired) electrons. The first kappa shape index (κ1) is 13.4. The van der Waals surface area contributed by atoms with Crippen molar-refractivity contribution in [3.05, 3.63) is 34.9 Å². The van der Waals surface area contributed by atoms with Crippen LogP contribution in [0.25, 0.3) is 0 Å². The number of nitrogens with one attached hydrogen (secondary N) is 1. The highest BCUT2D eigenvalue weighted by Gasteiger charge is 2.24. The van der Waals surface area contributed by atoms with E-state index >= 15 is 0 Å². The van der Waals surface area contributed by atoms with Crippen molar-refractivity contribution in [3.63, 3.8) is 0 Å². The Morgan fingerprint density at radius 1 is 1.33 bits per heavy atom. The molecule has 0 aromatic heterocycles. The number of hydrogen-bond donors (Lipinski definition) is 1. The van der Waals surface area contributed by atoms with Crippen LogP contribution >= 0.6 is 11.6 Å². The van der Waals surface area contributed by atoms with Gasteiger partial charge in [-0.25, -0.2) is 0 Å². The molecule has 0 heterocycles. The van der Waals surface area contributed by atoms with Gasteiger partial charge in [0.1, 0.15) is 0 Å². The molecule has 3 heteroatoms. The normalized spacial score (nSPS) is 17.7. The third-order valence-corrected chi connectivity index (χ3v) is 3.98. The van der Waals surface area contributed by atoms with E-state index in [1.807, 2.05) is 24.3 Å². The average molecular weight is 266 g/mol. The summed E-state index contributed by atoms with van der Waals surface area (Å²) >= 11 is 5.88. The van der Waals surface area contributed by atoms with Gasteiger partial charge in [0.2, 0.25) is 5.91 Å². The van der Waals surface area contributed by atoms with Crippen molar-refractivity contribution in [2.24, 2.45) is 5.92 Å². The third kappa shape index (κ3) is 3.26. The Balaban J connectivity index is 2.00. The molecule has 1 unspecified atom stereocenters. The maximum Gasteiger partial charge on any atom is 0.223 e. The lowest BCUT2D eigenvalue weighted by molar-refractivity contribution is -0.125. The number of rotatable bonds is 4. The van der Waals surface area contributed by atoms with Crippen molar-refractivity contribution in [1.82, 2.24) is 5.32 Å². The first-order valence-electron chi connectivity index (χ1n) is 6.76. The number of benzene rings is 1. The largest absolute Gasteiger partial charge is 0.349 e. The molecule has 2 nitrogen and oxygen atoms in total. The van der Waals surface area contributed by atoms with Crippen LogP contribution in [0.15, 0.2) is 24.3 Å². The van der Waals surface area contributed by atoms with Gasteiger partial charge in [-0.05, 0) is 37.0 Å². The van der Waals surface area contributed by atoms with Gasteiger partial charge in [-0.1, -0.05) is 43.5 Å². The minimum atomic E-state index is 0.107. The summed E-state index contributed by atoms with van der Waals surface area (Å²) in [6.45, 7) is 2.09. The lowest BCUT2D eigenvalue weighted by atomic mass is 10.0. The number of halogens is 1. The second kappa shape index (κ2) is 6.24. The molecule has 1 fully saturated rings. The number of hydrogen-bond acceptors (Lipinski definition) is 1. The van der Waals surface area contributed by atoms with E-state index in [9.17, 15) is 4.79 Å². The van der Waals surface area contributed by atoms with Crippen LogP contribution in [0.1, 0.15) is 50.6 Å². The molecule has 98 valence electrons. The summed E-state index contributed by atoms with van der Waals surface area (Å²) in [4.78, 5) is 12.1. The van der Waals surface area contributed by atoms with Crippen LogP contribution in [-0.2, 0) is 4.79 Å². The molecule has 0 saturated heterocycles. The molecule has 2 rings (SSSR count). The number of carbonyl (C=O) groups excluding carboxylic acids is 1. The first-order valence-corrected chi connectivity index (χ1v) is 7.14. The van der Waals surface area contributed by atoms with E-state index in [-0.39, 0.29) is 17.9 Å². The van der Waals surface area contributed by atoms with Crippen molar-refractivity contribution < 1.29 is 4.79 Å². The second-order valence-electron chi connectivity index (χ2n) is 5.00. The Bertz CT molecular complexity index is 395. The van der Waals surface area contributed by atoms with Gasteiger partial charge >= 0.3 is 0 Å². The van der Waals surface area contributed by atoms with Gasteiger partial charge in [0.15, 0.2) is 0 Å². The van der Waals surface area contributed by atoms with Crippen LogP contribution < -0.4 is 5.32 Å². The molecule has 1 aromatic carbocycles. The van der Waals surface area contributed by atoms with Crippen LogP contribution in [0.2, 0.25) is 5.02 Å². The van der Waals surface area contributed by atoms with Gasteiger partial charge in [-0.3, -0.25) is 4.79 Å². The van der Waals surface area contributed by atoms with Crippen LogP contribution in [0, 0.1) is 5.92 Å². The molecule has 0 aliphatic heterocycles. The number of carbonyl (C=O) groups is 1. The van der Waals surface area contributed by atoms with Crippen molar-refractivity contribution in [3.8, 4) is 0 Å². The van der Waals surface area contributed by atoms with E-state index in [0.29, 0.717) is 0 Å². The SMILES string of the molecule is CCC(NC(=O)C1CCCC1)c1ccc(Cl)cc1. The van der Waals surface area contributed by atoms with Crippen molar-refractivity contribution >= 4 is 17.5 Å². The topological polar surface area (TPSA) is 29.1 Å². The van der Waals surface area contributed by atoms with Gasteiger partial charge < -0.3 is 5.32 Å². The quantitative estimate of drug-likeness (QED) is 0.873. The summed E-state index contributed by atoms with van der Waals surface area (Å²) in [6.07, 6.45) is 5.37. The van der Waals surface area contributed by atoms with E-state index in [4.69, 9.17) is 11.6 Å². The minimum Gasteiger partial charge on any atom is -0.349 e. The van der Waals surface area contributed by atoms with E-state index in [1.54, 1.807) is 0 Å². The van der Waals surface area contributed by atoms with Crippen LogP contribution in [0.3, 0.4) is 0 Å². The number of amides is 1. The Hall–Kier alpha value is -1.02. The molecule has 1 N–H and O–H groups in total. The summed E-state index contributed by atoms with van der Waals surface area (Å²) in [5.74, 6) is 0.445. The maximum atomic E-state index is 12.1. The van der Waals surface area contributed by atoms with Gasteiger partial charge in [0.05, 0.1) is 6.04 Å².